The molecule has 0 aliphatic heterocycles. The van der Waals surface area contributed by atoms with Gasteiger partial charge in [-0.05, 0) is 38.3 Å². The van der Waals surface area contributed by atoms with Crippen LogP contribution in [0.2, 0.25) is 0 Å². The van der Waals surface area contributed by atoms with E-state index in [1.165, 1.54) is 11.3 Å². The number of nitrogens with zero attached hydrogens (tertiary/aromatic N) is 2. The lowest BCUT2D eigenvalue weighted by atomic mass is 10.0. The Morgan fingerprint density at radius 1 is 1.50 bits per heavy atom. The van der Waals surface area contributed by atoms with Crippen LogP contribution in [0, 0.1) is 13.8 Å². The van der Waals surface area contributed by atoms with Gasteiger partial charge in [-0.2, -0.15) is 5.10 Å². The zero-order chi connectivity index (χ0) is 13.1. The molecule has 0 aliphatic rings. The van der Waals surface area contributed by atoms with Gasteiger partial charge in [0.25, 0.3) is 0 Å². The summed E-state index contributed by atoms with van der Waals surface area (Å²) in [5.74, 6) is 5.60. The summed E-state index contributed by atoms with van der Waals surface area (Å²) in [4.78, 5) is 0. The summed E-state index contributed by atoms with van der Waals surface area (Å²) in [5.41, 5.74) is 7.53. The van der Waals surface area contributed by atoms with E-state index < -0.39 is 0 Å². The largest absolute Gasteiger partial charge is 0.472 e. The first-order chi connectivity index (χ1) is 8.63. The Bertz CT molecular complexity index is 501. The lowest BCUT2D eigenvalue weighted by Crippen LogP contribution is -2.28. The third kappa shape index (κ3) is 2.47. The molecule has 98 valence electrons. The molecule has 18 heavy (non-hydrogen) atoms. The number of furan rings is 1. The maximum absolute atomic E-state index is 5.60. The van der Waals surface area contributed by atoms with E-state index in [0.717, 1.165) is 24.1 Å². The highest BCUT2D eigenvalue weighted by Crippen LogP contribution is 2.21. The zero-order valence-corrected chi connectivity index (χ0v) is 11.1. The molecule has 2 aromatic heterocycles. The predicted octanol–water partition coefficient (Wildman–Crippen LogP) is 1.77. The number of aromatic nitrogens is 2. The van der Waals surface area contributed by atoms with Crippen molar-refractivity contribution in [2.45, 2.75) is 32.7 Å². The highest BCUT2D eigenvalue weighted by Gasteiger charge is 2.14. The molecule has 2 aromatic rings. The minimum Gasteiger partial charge on any atom is -0.472 e. The van der Waals surface area contributed by atoms with Gasteiger partial charge < -0.3 is 4.42 Å². The molecule has 0 bridgehead atoms. The third-order valence-electron chi connectivity index (χ3n) is 3.49. The molecule has 0 saturated carbocycles. The maximum Gasteiger partial charge on any atom is 0.0950 e. The van der Waals surface area contributed by atoms with Crippen molar-refractivity contribution in [1.29, 1.82) is 0 Å². The number of nitrogens with one attached hydrogen (secondary N) is 1. The lowest BCUT2D eigenvalue weighted by molar-refractivity contribution is 0.501. The van der Waals surface area contributed by atoms with Crippen LogP contribution < -0.4 is 11.3 Å². The number of hydrogen-bond donors (Lipinski definition) is 2. The molecule has 0 aliphatic carbocycles. The van der Waals surface area contributed by atoms with Crippen LogP contribution in [0.3, 0.4) is 0 Å². The van der Waals surface area contributed by atoms with Crippen molar-refractivity contribution in [3.8, 4) is 0 Å². The average molecular weight is 248 g/mol. The molecule has 0 amide bonds. The van der Waals surface area contributed by atoms with Gasteiger partial charge >= 0.3 is 0 Å². The van der Waals surface area contributed by atoms with Crippen molar-refractivity contribution in [2.75, 3.05) is 0 Å². The fraction of sp³-hybridized carbons (Fsp3) is 0.462. The van der Waals surface area contributed by atoms with Gasteiger partial charge in [0, 0.05) is 24.3 Å². The highest BCUT2D eigenvalue weighted by molar-refractivity contribution is 5.25. The van der Waals surface area contributed by atoms with E-state index in [0.29, 0.717) is 0 Å². The molecule has 5 heteroatoms. The first-order valence-electron chi connectivity index (χ1n) is 6.10. The van der Waals surface area contributed by atoms with E-state index >= 15 is 0 Å². The minimum atomic E-state index is 0.114. The van der Waals surface area contributed by atoms with Gasteiger partial charge in [0.15, 0.2) is 0 Å². The van der Waals surface area contributed by atoms with E-state index in [9.17, 15) is 0 Å². The molecule has 2 rings (SSSR count). The zero-order valence-electron chi connectivity index (χ0n) is 11.1. The number of aryl methyl sites for hydroxylation is 2. The second kappa shape index (κ2) is 5.37. The van der Waals surface area contributed by atoms with E-state index in [1.54, 1.807) is 12.5 Å². The fourth-order valence-electron chi connectivity index (χ4n) is 2.29. The molecule has 3 N–H and O–H groups in total. The summed E-state index contributed by atoms with van der Waals surface area (Å²) in [7, 11) is 1.97. The van der Waals surface area contributed by atoms with Crippen LogP contribution in [0.25, 0.3) is 0 Å². The summed E-state index contributed by atoms with van der Waals surface area (Å²) < 4.78 is 7.01. The second-order valence-electron chi connectivity index (χ2n) is 4.59. The lowest BCUT2D eigenvalue weighted by Gasteiger charge is -2.13. The molecule has 5 nitrogen and oxygen atoms in total. The Labute approximate surface area is 107 Å². The highest BCUT2D eigenvalue weighted by atomic mass is 16.3. The fourth-order valence-corrected chi connectivity index (χ4v) is 2.29. The summed E-state index contributed by atoms with van der Waals surface area (Å²) in [6, 6.07) is 2.05. The minimum absolute atomic E-state index is 0.114. The van der Waals surface area contributed by atoms with Gasteiger partial charge in [-0.25, -0.2) is 0 Å². The first kappa shape index (κ1) is 12.9. The van der Waals surface area contributed by atoms with Crippen molar-refractivity contribution in [1.82, 2.24) is 15.2 Å². The van der Waals surface area contributed by atoms with Crippen molar-refractivity contribution < 1.29 is 4.42 Å². The molecule has 0 saturated heterocycles. The molecular formula is C13H20N4O. The monoisotopic (exact) mass is 248 g/mol. The van der Waals surface area contributed by atoms with Gasteiger partial charge in [0.1, 0.15) is 0 Å². The van der Waals surface area contributed by atoms with Crippen molar-refractivity contribution in [3.63, 3.8) is 0 Å². The number of nitrogens with two attached hydrogens (primary N) is 1. The Balaban J connectivity index is 2.06. The van der Waals surface area contributed by atoms with Crippen molar-refractivity contribution in [3.05, 3.63) is 41.1 Å². The van der Waals surface area contributed by atoms with Crippen LogP contribution in [0.5, 0.6) is 0 Å². The average Bonchev–Trinajstić information content (AvgIpc) is 2.94. The number of rotatable bonds is 5. The Morgan fingerprint density at radius 2 is 2.28 bits per heavy atom. The van der Waals surface area contributed by atoms with Gasteiger partial charge in [0.2, 0.25) is 0 Å². The van der Waals surface area contributed by atoms with Crippen LogP contribution in [-0.2, 0) is 13.5 Å². The molecule has 2 heterocycles. The summed E-state index contributed by atoms with van der Waals surface area (Å²) >= 11 is 0. The van der Waals surface area contributed by atoms with E-state index in [-0.39, 0.29) is 6.04 Å². The SMILES string of the molecule is Cc1nn(C)c(C)c1CCC(NN)c1ccoc1. The Hall–Kier alpha value is -1.59. The normalized spacial score (nSPS) is 12.9. The van der Waals surface area contributed by atoms with Crippen molar-refractivity contribution in [2.24, 2.45) is 12.9 Å². The van der Waals surface area contributed by atoms with Crippen LogP contribution in [0.15, 0.2) is 23.0 Å². The molecule has 1 atom stereocenters. The third-order valence-corrected chi connectivity index (χ3v) is 3.49. The van der Waals surface area contributed by atoms with E-state index in [4.69, 9.17) is 10.3 Å². The van der Waals surface area contributed by atoms with Gasteiger partial charge in [-0.15, -0.1) is 0 Å². The predicted molar refractivity (Wildman–Crippen MR) is 69.8 cm³/mol. The summed E-state index contributed by atoms with van der Waals surface area (Å²) in [6.07, 6.45) is 5.27. The van der Waals surface area contributed by atoms with Crippen LogP contribution in [0.4, 0.5) is 0 Å². The van der Waals surface area contributed by atoms with Crippen LogP contribution in [-0.4, -0.2) is 9.78 Å². The first-order valence-corrected chi connectivity index (χ1v) is 6.10. The van der Waals surface area contributed by atoms with Crippen molar-refractivity contribution >= 4 is 0 Å². The Morgan fingerprint density at radius 3 is 2.78 bits per heavy atom. The maximum atomic E-state index is 5.60. The smallest absolute Gasteiger partial charge is 0.0950 e. The topological polar surface area (TPSA) is 69.0 Å². The molecule has 0 aromatic carbocycles. The van der Waals surface area contributed by atoms with E-state index in [2.05, 4.69) is 17.4 Å². The Kier molecular flexibility index (Phi) is 3.84. The second-order valence-corrected chi connectivity index (χ2v) is 4.59. The molecular weight excluding hydrogens is 228 g/mol. The number of hydrogen-bond acceptors (Lipinski definition) is 4. The van der Waals surface area contributed by atoms with Gasteiger partial charge in [0.05, 0.1) is 18.2 Å². The van der Waals surface area contributed by atoms with Gasteiger partial charge in [-0.1, -0.05) is 0 Å². The van der Waals surface area contributed by atoms with Crippen LogP contribution >= 0.6 is 0 Å². The quantitative estimate of drug-likeness (QED) is 0.625. The van der Waals surface area contributed by atoms with Crippen LogP contribution in [0.1, 0.15) is 35.0 Å². The summed E-state index contributed by atoms with van der Waals surface area (Å²) in [5, 5.41) is 4.42. The van der Waals surface area contributed by atoms with Gasteiger partial charge in [-0.3, -0.25) is 16.0 Å². The molecule has 0 radical (unpaired) electrons. The standard InChI is InChI=1S/C13H20N4O/c1-9-12(10(2)17(3)16-9)4-5-13(15-14)11-6-7-18-8-11/h6-8,13,15H,4-5,14H2,1-3H3. The van der Waals surface area contributed by atoms with E-state index in [1.807, 2.05) is 24.7 Å². The summed E-state index contributed by atoms with van der Waals surface area (Å²) in [6.45, 7) is 4.14. The molecule has 1 unspecified atom stereocenters. The molecule has 0 fully saturated rings. The number of hydrazine groups is 1. The molecule has 0 spiro atoms.